The van der Waals surface area contributed by atoms with E-state index in [1.54, 1.807) is 35.1 Å². The molecule has 0 saturated carbocycles. The molecule has 1 aromatic heterocycles. The first-order valence-electron chi connectivity index (χ1n) is 9.85. The highest BCUT2D eigenvalue weighted by Gasteiger charge is 2.10. The highest BCUT2D eigenvalue weighted by Crippen LogP contribution is 2.20. The van der Waals surface area contributed by atoms with Crippen LogP contribution in [0.4, 0.5) is 14.5 Å². The Kier molecular flexibility index (Phi) is 6.99. The molecule has 0 aliphatic heterocycles. The van der Waals surface area contributed by atoms with Crippen LogP contribution in [-0.4, -0.2) is 15.7 Å². The molecule has 1 N–H and O–H groups in total. The van der Waals surface area contributed by atoms with E-state index < -0.39 is 11.6 Å². The molecule has 4 aromatic rings. The number of hydrogen-bond donors (Lipinski definition) is 1. The third-order valence-corrected chi connectivity index (χ3v) is 5.07. The summed E-state index contributed by atoms with van der Waals surface area (Å²) >= 11 is 3.37. The predicted molar refractivity (Wildman–Crippen MR) is 122 cm³/mol. The molecule has 4 rings (SSSR count). The second-order valence-electron chi connectivity index (χ2n) is 7.01. The van der Waals surface area contributed by atoms with Crippen LogP contribution in [0.25, 0.3) is 0 Å². The number of nitrogens with zero attached hydrogens (tertiary/aromatic N) is 2. The summed E-state index contributed by atoms with van der Waals surface area (Å²) in [6.45, 7) is 0.208. The Morgan fingerprint density at radius 1 is 1.03 bits per heavy atom. The smallest absolute Gasteiger partial charge is 0.255 e. The maximum atomic E-state index is 13.7. The van der Waals surface area contributed by atoms with Crippen LogP contribution in [0.3, 0.4) is 0 Å². The van der Waals surface area contributed by atoms with Gasteiger partial charge in [-0.25, -0.2) is 13.5 Å². The average Bonchev–Trinajstić information content (AvgIpc) is 3.25. The Labute approximate surface area is 196 Å². The molecule has 0 atom stereocenters. The first kappa shape index (κ1) is 22.5. The average molecular weight is 514 g/mol. The van der Waals surface area contributed by atoms with Crippen molar-refractivity contribution in [3.8, 4) is 11.5 Å². The van der Waals surface area contributed by atoms with Crippen LogP contribution in [-0.2, 0) is 13.3 Å². The van der Waals surface area contributed by atoms with Gasteiger partial charge < -0.3 is 14.8 Å². The highest BCUT2D eigenvalue weighted by atomic mass is 79.9. The fraction of sp³-hybridized carbons (Fsp3) is 0.0833. The van der Waals surface area contributed by atoms with E-state index in [0.717, 1.165) is 16.6 Å². The number of hydrogen-bond acceptors (Lipinski definition) is 4. The second-order valence-corrected chi connectivity index (χ2v) is 7.93. The molecule has 0 aliphatic rings. The molecule has 6 nitrogen and oxygen atoms in total. The quantitative estimate of drug-likeness (QED) is 0.323. The minimum Gasteiger partial charge on any atom is -0.486 e. The van der Waals surface area contributed by atoms with Crippen molar-refractivity contribution in [1.82, 2.24) is 9.78 Å². The summed E-state index contributed by atoms with van der Waals surface area (Å²) in [5.74, 6) is -1.17. The molecule has 0 bridgehead atoms. The number of anilines is 1. The minimum absolute atomic E-state index is 0.0228. The fourth-order valence-electron chi connectivity index (χ4n) is 2.93. The molecule has 0 spiro atoms. The molecule has 0 unspecified atom stereocenters. The Morgan fingerprint density at radius 3 is 2.64 bits per heavy atom. The standard InChI is InChI=1S/C24H18BrF2N3O3/c25-18-4-7-21(8-5-18)33-15-30-13-20(12-28-30)29-24(31)17-3-1-2-16(10-17)14-32-23-9-6-19(26)11-22(23)27/h1-13H,14-15H2,(H,29,31). The lowest BCUT2D eigenvalue weighted by atomic mass is 10.1. The van der Waals surface area contributed by atoms with Crippen LogP contribution < -0.4 is 14.8 Å². The lowest BCUT2D eigenvalue weighted by Crippen LogP contribution is -2.12. The van der Waals surface area contributed by atoms with Crippen molar-refractivity contribution in [2.24, 2.45) is 0 Å². The molecule has 33 heavy (non-hydrogen) atoms. The summed E-state index contributed by atoms with van der Waals surface area (Å²) in [6.07, 6.45) is 3.17. The number of carbonyl (C=O) groups is 1. The van der Waals surface area contributed by atoms with E-state index in [0.29, 0.717) is 22.6 Å². The number of aromatic nitrogens is 2. The summed E-state index contributed by atoms with van der Waals surface area (Å²) < 4.78 is 40.3. The second kappa shape index (κ2) is 10.3. The van der Waals surface area contributed by atoms with E-state index in [1.807, 2.05) is 24.3 Å². The number of amides is 1. The Morgan fingerprint density at radius 2 is 1.85 bits per heavy atom. The Balaban J connectivity index is 1.33. The molecule has 9 heteroatoms. The van der Waals surface area contributed by atoms with Crippen molar-refractivity contribution >= 4 is 27.5 Å². The molecule has 0 saturated heterocycles. The molecule has 1 heterocycles. The zero-order valence-electron chi connectivity index (χ0n) is 17.2. The molecule has 3 aromatic carbocycles. The van der Waals surface area contributed by atoms with Gasteiger partial charge in [0, 0.05) is 16.1 Å². The van der Waals surface area contributed by atoms with Gasteiger partial charge in [0.25, 0.3) is 5.91 Å². The first-order valence-corrected chi connectivity index (χ1v) is 10.6. The van der Waals surface area contributed by atoms with Crippen LogP contribution in [0.15, 0.2) is 83.6 Å². The molecule has 0 radical (unpaired) electrons. The predicted octanol–water partition coefficient (Wildman–Crippen LogP) is 5.79. The summed E-state index contributed by atoms with van der Waals surface area (Å²) in [7, 11) is 0. The molecule has 1 amide bonds. The van der Waals surface area contributed by atoms with Crippen molar-refractivity contribution in [2.45, 2.75) is 13.3 Å². The normalized spacial score (nSPS) is 10.6. The van der Waals surface area contributed by atoms with Gasteiger partial charge in [-0.2, -0.15) is 5.10 Å². The van der Waals surface area contributed by atoms with Crippen molar-refractivity contribution in [3.05, 3.63) is 106 Å². The van der Waals surface area contributed by atoms with Crippen molar-refractivity contribution in [1.29, 1.82) is 0 Å². The monoisotopic (exact) mass is 513 g/mol. The van der Waals surface area contributed by atoms with E-state index in [1.165, 1.54) is 12.3 Å². The summed E-state index contributed by atoms with van der Waals surface area (Å²) in [5, 5.41) is 6.95. The Bertz CT molecular complexity index is 1260. The largest absolute Gasteiger partial charge is 0.486 e. The zero-order valence-corrected chi connectivity index (χ0v) is 18.8. The van der Waals surface area contributed by atoms with Crippen molar-refractivity contribution in [3.63, 3.8) is 0 Å². The van der Waals surface area contributed by atoms with Gasteiger partial charge >= 0.3 is 0 Å². The van der Waals surface area contributed by atoms with Gasteiger partial charge in [0.1, 0.15) is 18.2 Å². The first-order chi connectivity index (χ1) is 16.0. The van der Waals surface area contributed by atoms with Crippen LogP contribution in [0, 0.1) is 11.6 Å². The Hall–Kier alpha value is -3.72. The van der Waals surface area contributed by atoms with Crippen LogP contribution in [0.1, 0.15) is 15.9 Å². The van der Waals surface area contributed by atoms with Crippen LogP contribution in [0.5, 0.6) is 11.5 Å². The maximum absolute atomic E-state index is 13.7. The summed E-state index contributed by atoms with van der Waals surface area (Å²) in [6, 6.07) is 17.2. The van der Waals surface area contributed by atoms with E-state index in [2.05, 4.69) is 26.3 Å². The molecule has 168 valence electrons. The van der Waals surface area contributed by atoms with Crippen molar-refractivity contribution in [2.75, 3.05) is 5.32 Å². The SMILES string of the molecule is O=C(Nc1cnn(COc2ccc(Br)cc2)c1)c1cccc(COc2ccc(F)cc2F)c1. The van der Waals surface area contributed by atoms with Gasteiger partial charge in [0.05, 0.1) is 18.1 Å². The summed E-state index contributed by atoms with van der Waals surface area (Å²) in [4.78, 5) is 12.6. The number of ether oxygens (including phenoxy) is 2. The number of rotatable bonds is 8. The third-order valence-electron chi connectivity index (χ3n) is 4.55. The molecule has 0 fully saturated rings. The number of benzene rings is 3. The fourth-order valence-corrected chi connectivity index (χ4v) is 3.19. The van der Waals surface area contributed by atoms with Gasteiger partial charge in [-0.3, -0.25) is 4.79 Å². The zero-order chi connectivity index (χ0) is 23.2. The highest BCUT2D eigenvalue weighted by molar-refractivity contribution is 9.10. The topological polar surface area (TPSA) is 65.4 Å². The van der Waals surface area contributed by atoms with Gasteiger partial charge in [-0.1, -0.05) is 28.1 Å². The number of carbonyl (C=O) groups excluding carboxylic acids is 1. The van der Waals surface area contributed by atoms with E-state index in [9.17, 15) is 13.6 Å². The van der Waals surface area contributed by atoms with Crippen LogP contribution in [0.2, 0.25) is 0 Å². The van der Waals surface area contributed by atoms with Crippen molar-refractivity contribution < 1.29 is 23.0 Å². The van der Waals surface area contributed by atoms with E-state index in [-0.39, 0.29) is 25.0 Å². The lowest BCUT2D eigenvalue weighted by molar-refractivity contribution is 0.102. The lowest BCUT2D eigenvalue weighted by Gasteiger charge is -2.09. The molecular weight excluding hydrogens is 496 g/mol. The molecule has 0 aliphatic carbocycles. The molecular formula is C24H18BrF2N3O3. The summed E-state index contributed by atoms with van der Waals surface area (Å²) in [5.41, 5.74) is 1.56. The van der Waals surface area contributed by atoms with Gasteiger partial charge in [0.2, 0.25) is 0 Å². The number of nitrogens with one attached hydrogen (secondary N) is 1. The van der Waals surface area contributed by atoms with Gasteiger partial charge in [0.15, 0.2) is 18.3 Å². The van der Waals surface area contributed by atoms with Gasteiger partial charge in [-0.15, -0.1) is 0 Å². The van der Waals surface area contributed by atoms with Crippen LogP contribution >= 0.6 is 15.9 Å². The minimum atomic E-state index is -0.787. The maximum Gasteiger partial charge on any atom is 0.255 e. The van der Waals surface area contributed by atoms with E-state index in [4.69, 9.17) is 9.47 Å². The van der Waals surface area contributed by atoms with E-state index >= 15 is 0 Å². The third kappa shape index (κ3) is 6.17. The van der Waals surface area contributed by atoms with Gasteiger partial charge in [-0.05, 0) is 54.1 Å². The number of halogens is 3.